The van der Waals surface area contributed by atoms with Gasteiger partial charge < -0.3 is 31.5 Å². The SMILES string of the molecule is CCN(C)[C@@H]1C(=O)C(C(N)=O)=C(O)[C@@]2(O)C(=O)C3=C(O)c4c(O)c(NC)nc(Cl)c4C[C@H]3C[C@@H]12. The molecule has 1 saturated carbocycles. The Kier molecular flexibility index (Phi) is 5.62. The van der Waals surface area contributed by atoms with E-state index in [0.717, 1.165) is 0 Å². The number of aromatic nitrogens is 1. The molecule has 7 N–H and O–H groups in total. The summed E-state index contributed by atoms with van der Waals surface area (Å²) >= 11 is 6.31. The largest absolute Gasteiger partial charge is 0.508 e. The Bertz CT molecular complexity index is 1210. The average molecular weight is 493 g/mol. The molecular formula is C22H25ClN4O7. The number of anilines is 1. The minimum absolute atomic E-state index is 0.0109. The van der Waals surface area contributed by atoms with E-state index in [0.29, 0.717) is 12.1 Å². The number of nitrogens with one attached hydrogen (secondary N) is 1. The van der Waals surface area contributed by atoms with Gasteiger partial charge in [-0.05, 0) is 32.4 Å². The second-order valence-electron chi connectivity index (χ2n) is 8.77. The van der Waals surface area contributed by atoms with Crippen LogP contribution < -0.4 is 11.1 Å². The summed E-state index contributed by atoms with van der Waals surface area (Å²) in [5.74, 6) is -7.19. The van der Waals surface area contributed by atoms with Crippen molar-refractivity contribution in [3.63, 3.8) is 0 Å². The molecule has 12 heteroatoms. The Hall–Kier alpha value is -3.15. The summed E-state index contributed by atoms with van der Waals surface area (Å²) in [4.78, 5) is 44.6. The molecule has 1 amide bonds. The molecule has 1 aromatic heterocycles. The predicted molar refractivity (Wildman–Crippen MR) is 121 cm³/mol. The van der Waals surface area contributed by atoms with Crippen LogP contribution in [0.2, 0.25) is 5.15 Å². The number of likely N-dealkylation sites (N-methyl/N-ethyl adjacent to an activating group) is 1. The molecule has 3 aliphatic carbocycles. The molecule has 0 aliphatic heterocycles. The summed E-state index contributed by atoms with van der Waals surface area (Å²) in [5, 5.41) is 46.8. The average Bonchev–Trinajstić information content (AvgIpc) is 2.78. The minimum Gasteiger partial charge on any atom is -0.508 e. The molecule has 0 spiro atoms. The van der Waals surface area contributed by atoms with Crippen molar-refractivity contribution in [3.8, 4) is 5.75 Å². The fraction of sp³-hybridized carbons (Fsp3) is 0.455. The van der Waals surface area contributed by atoms with Crippen LogP contribution in [0.3, 0.4) is 0 Å². The van der Waals surface area contributed by atoms with E-state index < -0.39 is 63.8 Å². The fourth-order valence-electron chi connectivity index (χ4n) is 5.44. The summed E-state index contributed by atoms with van der Waals surface area (Å²) in [7, 11) is 3.07. The summed E-state index contributed by atoms with van der Waals surface area (Å²) in [6.45, 7) is 2.09. The minimum atomic E-state index is -2.68. The third kappa shape index (κ3) is 2.97. The van der Waals surface area contributed by atoms with Crippen LogP contribution in [-0.4, -0.2) is 80.1 Å². The van der Waals surface area contributed by atoms with E-state index in [-0.39, 0.29) is 34.9 Å². The summed E-state index contributed by atoms with van der Waals surface area (Å²) in [6, 6.07) is -1.13. The Morgan fingerprint density at radius 2 is 1.97 bits per heavy atom. The van der Waals surface area contributed by atoms with E-state index in [1.54, 1.807) is 18.9 Å². The summed E-state index contributed by atoms with van der Waals surface area (Å²) < 4.78 is 0. The number of pyridine rings is 1. The van der Waals surface area contributed by atoms with Gasteiger partial charge in [-0.1, -0.05) is 18.5 Å². The first kappa shape index (κ1) is 24.0. The normalized spacial score (nSPS) is 28.6. The van der Waals surface area contributed by atoms with Gasteiger partial charge in [0.1, 0.15) is 22.2 Å². The number of hydrogen-bond donors (Lipinski definition) is 6. The molecule has 0 saturated heterocycles. The number of fused-ring (bicyclic) bond motifs is 3. The molecule has 11 nitrogen and oxygen atoms in total. The fourth-order valence-corrected chi connectivity index (χ4v) is 5.70. The number of aliphatic hydroxyl groups excluding tert-OH is 2. The van der Waals surface area contributed by atoms with Crippen LogP contribution >= 0.6 is 11.6 Å². The van der Waals surface area contributed by atoms with Crippen molar-refractivity contribution in [2.24, 2.45) is 17.6 Å². The van der Waals surface area contributed by atoms with Crippen LogP contribution in [0.5, 0.6) is 5.75 Å². The van der Waals surface area contributed by atoms with Crippen LogP contribution in [0, 0.1) is 11.8 Å². The number of aromatic hydroxyl groups is 1. The number of hydrogen-bond acceptors (Lipinski definition) is 10. The van der Waals surface area contributed by atoms with E-state index >= 15 is 0 Å². The van der Waals surface area contributed by atoms with E-state index in [1.165, 1.54) is 7.05 Å². The van der Waals surface area contributed by atoms with Gasteiger partial charge in [0.25, 0.3) is 5.91 Å². The topological polar surface area (TPSA) is 186 Å². The van der Waals surface area contributed by atoms with Gasteiger partial charge in [0, 0.05) is 24.1 Å². The lowest BCUT2D eigenvalue weighted by Gasteiger charge is -2.50. The van der Waals surface area contributed by atoms with Crippen molar-refractivity contribution in [1.29, 1.82) is 0 Å². The van der Waals surface area contributed by atoms with Gasteiger partial charge in [-0.15, -0.1) is 0 Å². The third-order valence-electron chi connectivity index (χ3n) is 7.19. The van der Waals surface area contributed by atoms with Crippen molar-refractivity contribution < 1.29 is 34.8 Å². The van der Waals surface area contributed by atoms with Gasteiger partial charge in [-0.2, -0.15) is 0 Å². The molecule has 4 rings (SSSR count). The quantitative estimate of drug-likeness (QED) is 0.254. The highest BCUT2D eigenvalue weighted by Gasteiger charge is 2.64. The third-order valence-corrected chi connectivity index (χ3v) is 7.50. The second-order valence-corrected chi connectivity index (χ2v) is 9.13. The van der Waals surface area contributed by atoms with Crippen LogP contribution in [0.15, 0.2) is 16.9 Å². The number of nitrogens with two attached hydrogens (primary N) is 1. The number of Topliss-reactive ketones (excluding diaryl/α,β-unsaturated/α-hetero) is 2. The van der Waals surface area contributed by atoms with E-state index in [1.807, 2.05) is 0 Å². The zero-order valence-electron chi connectivity index (χ0n) is 18.7. The second kappa shape index (κ2) is 7.97. The van der Waals surface area contributed by atoms with Crippen molar-refractivity contribution in [2.75, 3.05) is 26.0 Å². The predicted octanol–water partition coefficient (Wildman–Crippen LogP) is 0.444. The molecule has 34 heavy (non-hydrogen) atoms. The number of carbonyl (C=O) groups excluding carboxylic acids is 3. The smallest absolute Gasteiger partial charge is 0.255 e. The first-order valence-corrected chi connectivity index (χ1v) is 11.1. The first-order chi connectivity index (χ1) is 15.9. The van der Waals surface area contributed by atoms with Gasteiger partial charge in [0.15, 0.2) is 23.0 Å². The number of carbonyl (C=O) groups is 3. The van der Waals surface area contributed by atoms with Gasteiger partial charge in [0.2, 0.25) is 5.78 Å². The zero-order valence-corrected chi connectivity index (χ0v) is 19.5. The number of primary amides is 1. The number of nitrogens with zero attached hydrogens (tertiary/aromatic N) is 2. The molecule has 3 aliphatic rings. The Labute approximate surface area is 199 Å². The van der Waals surface area contributed by atoms with Crippen LogP contribution in [-0.2, 0) is 20.8 Å². The Balaban J connectivity index is 1.99. The molecule has 1 aromatic rings. The van der Waals surface area contributed by atoms with Crippen LogP contribution in [0.1, 0.15) is 24.5 Å². The lowest BCUT2D eigenvalue weighted by atomic mass is 9.57. The lowest BCUT2D eigenvalue weighted by molar-refractivity contribution is -0.154. The maximum atomic E-state index is 13.7. The van der Waals surface area contributed by atoms with Crippen molar-refractivity contribution in [3.05, 3.63) is 33.2 Å². The monoisotopic (exact) mass is 492 g/mol. The molecule has 182 valence electrons. The molecule has 1 heterocycles. The number of rotatable bonds is 4. The maximum Gasteiger partial charge on any atom is 0.255 e. The number of halogens is 1. The van der Waals surface area contributed by atoms with Gasteiger partial charge in [-0.3, -0.25) is 19.3 Å². The van der Waals surface area contributed by atoms with Gasteiger partial charge in [0.05, 0.1) is 11.6 Å². The number of ketones is 2. The van der Waals surface area contributed by atoms with E-state index in [2.05, 4.69) is 10.3 Å². The van der Waals surface area contributed by atoms with E-state index in [4.69, 9.17) is 17.3 Å². The first-order valence-electron chi connectivity index (χ1n) is 10.7. The lowest BCUT2D eigenvalue weighted by Crippen LogP contribution is -2.66. The molecule has 0 aromatic carbocycles. The highest BCUT2D eigenvalue weighted by Crippen LogP contribution is 2.53. The standard InChI is InChI=1S/C22H25ClN4O7/c1-4-27(3)13-9-6-7-5-8-11(16(30)21(25-2)26-19(8)23)14(28)10(7)17(31)22(9,34)18(32)12(15(13)29)20(24)33/h7,9,13,28,30,32,34H,4-6H2,1-3H3,(H2,24,33)(H,25,26)/t7-,9-,13-,22-/m0/s1. The molecular weight excluding hydrogens is 468 g/mol. The van der Waals surface area contributed by atoms with E-state index in [9.17, 15) is 34.8 Å². The van der Waals surface area contributed by atoms with Crippen molar-refractivity contribution in [1.82, 2.24) is 9.88 Å². The summed E-state index contributed by atoms with van der Waals surface area (Å²) in [5.41, 5.74) is 1.75. The zero-order chi connectivity index (χ0) is 25.3. The highest BCUT2D eigenvalue weighted by atomic mass is 35.5. The maximum absolute atomic E-state index is 13.7. The van der Waals surface area contributed by atoms with Gasteiger partial charge in [-0.25, -0.2) is 4.98 Å². The molecule has 4 atom stereocenters. The summed E-state index contributed by atoms with van der Waals surface area (Å²) in [6.07, 6.45) is 0.0725. The molecule has 0 radical (unpaired) electrons. The number of amides is 1. The Morgan fingerprint density at radius 3 is 2.53 bits per heavy atom. The Morgan fingerprint density at radius 1 is 1.32 bits per heavy atom. The van der Waals surface area contributed by atoms with Crippen LogP contribution in [0.4, 0.5) is 5.82 Å². The van der Waals surface area contributed by atoms with Gasteiger partial charge >= 0.3 is 0 Å². The molecule has 0 unspecified atom stereocenters. The van der Waals surface area contributed by atoms with Crippen molar-refractivity contribution >= 4 is 40.7 Å². The highest BCUT2D eigenvalue weighted by molar-refractivity contribution is 6.31. The molecule has 1 fully saturated rings. The number of aliphatic hydroxyl groups is 3. The van der Waals surface area contributed by atoms with Crippen molar-refractivity contribution in [2.45, 2.75) is 31.4 Å². The van der Waals surface area contributed by atoms with Crippen LogP contribution in [0.25, 0.3) is 5.76 Å². The molecule has 0 bridgehead atoms.